The van der Waals surface area contributed by atoms with Gasteiger partial charge in [0.2, 0.25) is 5.91 Å². The van der Waals surface area contributed by atoms with Crippen molar-refractivity contribution in [2.75, 3.05) is 27.3 Å². The van der Waals surface area contributed by atoms with Gasteiger partial charge in [-0.2, -0.15) is 0 Å². The zero-order chi connectivity index (χ0) is 13.9. The minimum atomic E-state index is -0.937. The van der Waals surface area contributed by atoms with Crippen LogP contribution in [-0.2, 0) is 9.53 Å². The van der Waals surface area contributed by atoms with Crippen LogP contribution in [0.3, 0.4) is 0 Å². The fraction of sp³-hybridized carbons (Fsp3) is 0.538. The maximum Gasteiger partial charge on any atom is 0.290 e. The van der Waals surface area contributed by atoms with E-state index >= 15 is 0 Å². The van der Waals surface area contributed by atoms with Gasteiger partial charge in [0.25, 0.3) is 5.91 Å². The summed E-state index contributed by atoms with van der Waals surface area (Å²) in [4.78, 5) is 26.2. The third kappa shape index (κ3) is 2.23. The first-order valence-corrected chi connectivity index (χ1v) is 6.22. The number of likely N-dealkylation sites (N-methyl/N-ethyl adjacent to an activating group) is 1. The molecule has 2 rings (SSSR count). The molecule has 1 fully saturated rings. The van der Waals surface area contributed by atoms with Gasteiger partial charge in [-0.1, -0.05) is 0 Å². The van der Waals surface area contributed by atoms with Crippen molar-refractivity contribution < 1.29 is 18.7 Å². The van der Waals surface area contributed by atoms with Crippen molar-refractivity contribution in [3.8, 4) is 0 Å². The Morgan fingerprint density at radius 3 is 2.95 bits per heavy atom. The van der Waals surface area contributed by atoms with E-state index in [0.717, 1.165) is 6.42 Å². The minimum Gasteiger partial charge on any atom is -0.459 e. The zero-order valence-corrected chi connectivity index (χ0v) is 11.1. The first-order chi connectivity index (χ1) is 9.15. The van der Waals surface area contributed by atoms with Crippen LogP contribution in [0.15, 0.2) is 22.8 Å². The molecule has 0 bridgehead atoms. The number of nitrogens with one attached hydrogen (secondary N) is 1. The standard InChI is InChI=1S/C13H18N2O4/c1-14-12(17)13(9-18-2)6-4-7-15(13)11(16)10-5-3-8-19-10/h3,5,8H,4,6-7,9H2,1-2H3,(H,14,17). The lowest BCUT2D eigenvalue weighted by Crippen LogP contribution is -2.59. The third-order valence-corrected chi connectivity index (χ3v) is 3.50. The highest BCUT2D eigenvalue weighted by atomic mass is 16.5. The predicted molar refractivity (Wildman–Crippen MR) is 67.7 cm³/mol. The molecule has 1 aromatic rings. The van der Waals surface area contributed by atoms with Crippen LogP contribution >= 0.6 is 0 Å². The zero-order valence-electron chi connectivity index (χ0n) is 11.1. The number of nitrogens with zero attached hydrogens (tertiary/aromatic N) is 1. The first-order valence-electron chi connectivity index (χ1n) is 6.22. The lowest BCUT2D eigenvalue weighted by Gasteiger charge is -2.35. The Bertz CT molecular complexity index is 457. The molecule has 0 saturated carbocycles. The van der Waals surface area contributed by atoms with E-state index in [1.165, 1.54) is 13.4 Å². The molecular formula is C13H18N2O4. The lowest BCUT2D eigenvalue weighted by atomic mass is 9.95. The second-order valence-corrected chi connectivity index (χ2v) is 4.58. The number of hydrogen-bond donors (Lipinski definition) is 1. The Kier molecular flexibility index (Phi) is 3.90. The second kappa shape index (κ2) is 5.44. The number of furan rings is 1. The summed E-state index contributed by atoms with van der Waals surface area (Å²) in [6.45, 7) is 0.704. The van der Waals surface area contributed by atoms with Crippen LogP contribution in [0.4, 0.5) is 0 Å². The summed E-state index contributed by atoms with van der Waals surface area (Å²) in [5.74, 6) is -0.235. The molecule has 0 spiro atoms. The predicted octanol–water partition coefficient (Wildman–Crippen LogP) is 0.647. The van der Waals surface area contributed by atoms with Gasteiger partial charge in [0, 0.05) is 20.7 Å². The highest BCUT2D eigenvalue weighted by molar-refractivity contribution is 5.98. The van der Waals surface area contributed by atoms with Gasteiger partial charge in [0.1, 0.15) is 5.54 Å². The molecule has 19 heavy (non-hydrogen) atoms. The number of rotatable bonds is 4. The van der Waals surface area contributed by atoms with E-state index in [-0.39, 0.29) is 24.2 Å². The van der Waals surface area contributed by atoms with E-state index in [2.05, 4.69) is 5.32 Å². The van der Waals surface area contributed by atoms with E-state index in [1.54, 1.807) is 24.1 Å². The highest BCUT2D eigenvalue weighted by Gasteiger charge is 2.50. The molecule has 1 unspecified atom stereocenters. The van der Waals surface area contributed by atoms with Crippen LogP contribution in [-0.4, -0.2) is 49.6 Å². The SMILES string of the molecule is CNC(=O)C1(COC)CCCN1C(=O)c1ccco1. The van der Waals surface area contributed by atoms with Crippen LogP contribution in [0.25, 0.3) is 0 Å². The van der Waals surface area contributed by atoms with Crippen LogP contribution in [0, 0.1) is 0 Å². The molecular weight excluding hydrogens is 248 g/mol. The van der Waals surface area contributed by atoms with E-state index in [0.29, 0.717) is 13.0 Å². The molecule has 0 aliphatic carbocycles. The highest BCUT2D eigenvalue weighted by Crippen LogP contribution is 2.31. The second-order valence-electron chi connectivity index (χ2n) is 4.58. The maximum absolute atomic E-state index is 12.4. The van der Waals surface area contributed by atoms with E-state index in [1.807, 2.05) is 0 Å². The molecule has 1 atom stereocenters. The largest absolute Gasteiger partial charge is 0.459 e. The summed E-state index contributed by atoms with van der Waals surface area (Å²) in [7, 11) is 3.09. The Balaban J connectivity index is 2.32. The molecule has 2 amide bonds. The summed E-state index contributed by atoms with van der Waals surface area (Å²) in [5.41, 5.74) is -0.937. The normalized spacial score (nSPS) is 22.5. The summed E-state index contributed by atoms with van der Waals surface area (Å²) in [6.07, 6.45) is 2.80. The van der Waals surface area contributed by atoms with Gasteiger partial charge >= 0.3 is 0 Å². The third-order valence-electron chi connectivity index (χ3n) is 3.50. The number of hydrogen-bond acceptors (Lipinski definition) is 4. The lowest BCUT2D eigenvalue weighted by molar-refractivity contribution is -0.133. The van der Waals surface area contributed by atoms with Crippen molar-refractivity contribution in [2.24, 2.45) is 0 Å². The molecule has 1 N–H and O–H groups in total. The smallest absolute Gasteiger partial charge is 0.290 e. The number of methoxy groups -OCH3 is 1. The summed E-state index contributed by atoms with van der Waals surface area (Å²) < 4.78 is 10.3. The number of amides is 2. The molecule has 104 valence electrons. The number of carbonyl (C=O) groups is 2. The molecule has 1 aromatic heterocycles. The van der Waals surface area contributed by atoms with Crippen molar-refractivity contribution in [1.29, 1.82) is 0 Å². The fourth-order valence-corrected chi connectivity index (χ4v) is 2.63. The molecule has 1 aliphatic heterocycles. The maximum atomic E-state index is 12.4. The van der Waals surface area contributed by atoms with Crippen LogP contribution < -0.4 is 5.32 Å². The Hall–Kier alpha value is -1.82. The average molecular weight is 266 g/mol. The molecule has 2 heterocycles. The Labute approximate surface area is 111 Å². The van der Waals surface area contributed by atoms with Gasteiger partial charge in [-0.25, -0.2) is 0 Å². The van der Waals surface area contributed by atoms with Gasteiger partial charge in [0.15, 0.2) is 5.76 Å². The first kappa shape index (κ1) is 13.6. The summed E-state index contributed by atoms with van der Waals surface area (Å²) >= 11 is 0. The molecule has 0 radical (unpaired) electrons. The minimum absolute atomic E-state index is 0.180. The van der Waals surface area contributed by atoms with Gasteiger partial charge in [0.05, 0.1) is 12.9 Å². The van der Waals surface area contributed by atoms with E-state index < -0.39 is 5.54 Å². The number of carbonyl (C=O) groups excluding carboxylic acids is 2. The van der Waals surface area contributed by atoms with Gasteiger partial charge in [-0.15, -0.1) is 0 Å². The van der Waals surface area contributed by atoms with E-state index in [9.17, 15) is 9.59 Å². The quantitative estimate of drug-likeness (QED) is 0.868. The molecule has 1 aliphatic rings. The van der Waals surface area contributed by atoms with E-state index in [4.69, 9.17) is 9.15 Å². The molecule has 6 nitrogen and oxygen atoms in total. The molecule has 0 aromatic carbocycles. The van der Waals surface area contributed by atoms with Crippen molar-refractivity contribution in [2.45, 2.75) is 18.4 Å². The monoisotopic (exact) mass is 266 g/mol. The van der Waals surface area contributed by atoms with Crippen LogP contribution in [0.5, 0.6) is 0 Å². The number of likely N-dealkylation sites (tertiary alicyclic amines) is 1. The van der Waals surface area contributed by atoms with Crippen LogP contribution in [0.1, 0.15) is 23.4 Å². The van der Waals surface area contributed by atoms with Crippen molar-refractivity contribution in [3.05, 3.63) is 24.2 Å². The number of ether oxygens (including phenoxy) is 1. The Morgan fingerprint density at radius 2 is 2.37 bits per heavy atom. The molecule has 6 heteroatoms. The summed E-state index contributed by atoms with van der Waals surface area (Å²) in [6, 6.07) is 3.25. The van der Waals surface area contributed by atoms with Gasteiger partial charge in [-0.05, 0) is 25.0 Å². The topological polar surface area (TPSA) is 71.8 Å². The average Bonchev–Trinajstić information content (AvgIpc) is 3.07. The van der Waals surface area contributed by atoms with Gasteiger partial charge < -0.3 is 19.4 Å². The van der Waals surface area contributed by atoms with Crippen LogP contribution in [0.2, 0.25) is 0 Å². The van der Waals surface area contributed by atoms with Crippen molar-refractivity contribution in [3.63, 3.8) is 0 Å². The Morgan fingerprint density at radius 1 is 1.58 bits per heavy atom. The molecule has 1 saturated heterocycles. The van der Waals surface area contributed by atoms with Crippen molar-refractivity contribution >= 4 is 11.8 Å². The fourth-order valence-electron chi connectivity index (χ4n) is 2.63. The van der Waals surface area contributed by atoms with Crippen molar-refractivity contribution in [1.82, 2.24) is 10.2 Å². The summed E-state index contributed by atoms with van der Waals surface area (Å²) in [5, 5.41) is 2.62. The van der Waals surface area contributed by atoms with Gasteiger partial charge in [-0.3, -0.25) is 9.59 Å².